The Morgan fingerprint density at radius 2 is 2.18 bits per heavy atom. The normalized spacial score (nSPS) is 10.3. The van der Waals surface area contributed by atoms with Gasteiger partial charge in [-0.1, -0.05) is 18.5 Å². The average molecular weight is 320 g/mol. The number of hydrogen-bond donors (Lipinski definition) is 2. The fourth-order valence-electron chi connectivity index (χ4n) is 1.33. The molecule has 0 heterocycles. The molecule has 0 radical (unpaired) electrons. The van der Waals surface area contributed by atoms with Crippen LogP contribution < -0.4 is 10.6 Å². The molecule has 0 bridgehead atoms. The quantitative estimate of drug-likeness (QED) is 0.792. The molecule has 3 nitrogen and oxygen atoms in total. The van der Waals surface area contributed by atoms with E-state index in [1.807, 2.05) is 0 Å². The summed E-state index contributed by atoms with van der Waals surface area (Å²) in [5, 5.41) is 6.60. The van der Waals surface area contributed by atoms with Crippen molar-refractivity contribution in [2.45, 2.75) is 13.3 Å². The van der Waals surface area contributed by atoms with Crippen LogP contribution in [0.4, 0.5) is 0 Å². The van der Waals surface area contributed by atoms with Crippen molar-refractivity contribution in [3.8, 4) is 0 Å². The van der Waals surface area contributed by atoms with Crippen LogP contribution in [0, 0.1) is 0 Å². The van der Waals surface area contributed by atoms with Crippen molar-refractivity contribution in [2.24, 2.45) is 0 Å². The lowest BCUT2D eigenvalue weighted by atomic mass is 10.2. The number of amides is 1. The van der Waals surface area contributed by atoms with Gasteiger partial charge in [-0.15, -0.1) is 0 Å². The van der Waals surface area contributed by atoms with Crippen molar-refractivity contribution in [3.05, 3.63) is 33.3 Å². The zero-order chi connectivity index (χ0) is 12.7. The SMILES string of the molecule is CCNCCCNC(=O)c1ccc(Br)c(Cl)c1. The smallest absolute Gasteiger partial charge is 0.251 e. The summed E-state index contributed by atoms with van der Waals surface area (Å²) >= 11 is 9.21. The largest absolute Gasteiger partial charge is 0.352 e. The molecule has 1 rings (SSSR count). The third kappa shape index (κ3) is 5.06. The maximum absolute atomic E-state index is 11.7. The van der Waals surface area contributed by atoms with Gasteiger partial charge >= 0.3 is 0 Å². The Bertz CT molecular complexity index is 385. The minimum Gasteiger partial charge on any atom is -0.352 e. The predicted octanol–water partition coefficient (Wildman–Crippen LogP) is 2.83. The molecular formula is C12H16BrClN2O. The van der Waals surface area contributed by atoms with Crippen LogP contribution in [0.2, 0.25) is 5.02 Å². The molecule has 0 atom stereocenters. The van der Waals surface area contributed by atoms with Gasteiger partial charge in [0.15, 0.2) is 0 Å². The summed E-state index contributed by atoms with van der Waals surface area (Å²) < 4.78 is 0.794. The number of hydrogen-bond acceptors (Lipinski definition) is 2. The van der Waals surface area contributed by atoms with Gasteiger partial charge in [0.05, 0.1) is 5.02 Å². The molecule has 1 amide bonds. The van der Waals surface area contributed by atoms with Gasteiger partial charge in [-0.3, -0.25) is 4.79 Å². The fraction of sp³-hybridized carbons (Fsp3) is 0.417. The highest BCUT2D eigenvalue weighted by molar-refractivity contribution is 9.10. The Balaban J connectivity index is 2.39. The first-order valence-corrected chi connectivity index (χ1v) is 6.76. The van der Waals surface area contributed by atoms with E-state index < -0.39 is 0 Å². The van der Waals surface area contributed by atoms with Crippen molar-refractivity contribution >= 4 is 33.4 Å². The summed E-state index contributed by atoms with van der Waals surface area (Å²) in [6, 6.07) is 5.18. The van der Waals surface area contributed by atoms with Crippen molar-refractivity contribution in [1.82, 2.24) is 10.6 Å². The average Bonchev–Trinajstić information content (AvgIpc) is 2.32. The van der Waals surface area contributed by atoms with Gasteiger partial charge in [-0.05, 0) is 53.6 Å². The zero-order valence-electron chi connectivity index (χ0n) is 9.72. The Morgan fingerprint density at radius 3 is 2.82 bits per heavy atom. The number of halogens is 2. The van der Waals surface area contributed by atoms with Crippen molar-refractivity contribution in [1.29, 1.82) is 0 Å². The van der Waals surface area contributed by atoms with Gasteiger partial charge in [0, 0.05) is 16.6 Å². The molecule has 2 N–H and O–H groups in total. The number of nitrogens with one attached hydrogen (secondary N) is 2. The molecule has 0 saturated carbocycles. The second kappa shape index (κ2) is 7.69. The van der Waals surface area contributed by atoms with Crippen LogP contribution in [-0.4, -0.2) is 25.5 Å². The first-order chi connectivity index (χ1) is 8.15. The number of carbonyl (C=O) groups excluding carboxylic acids is 1. The number of carbonyl (C=O) groups is 1. The molecule has 1 aromatic rings. The third-order valence-electron chi connectivity index (χ3n) is 2.25. The van der Waals surface area contributed by atoms with Gasteiger partial charge in [-0.25, -0.2) is 0 Å². The van der Waals surface area contributed by atoms with E-state index in [2.05, 4.69) is 33.5 Å². The first-order valence-electron chi connectivity index (χ1n) is 5.59. The van der Waals surface area contributed by atoms with Gasteiger partial charge in [0.1, 0.15) is 0 Å². The molecule has 5 heteroatoms. The van der Waals surface area contributed by atoms with Crippen LogP contribution in [0.5, 0.6) is 0 Å². The minimum atomic E-state index is -0.0871. The van der Waals surface area contributed by atoms with E-state index in [1.54, 1.807) is 18.2 Å². The minimum absolute atomic E-state index is 0.0871. The highest BCUT2D eigenvalue weighted by Gasteiger charge is 2.06. The molecule has 0 unspecified atom stereocenters. The first kappa shape index (κ1) is 14.5. The summed E-state index contributed by atoms with van der Waals surface area (Å²) in [5.41, 5.74) is 0.585. The molecule has 0 aliphatic heterocycles. The highest BCUT2D eigenvalue weighted by Crippen LogP contribution is 2.22. The van der Waals surface area contributed by atoms with E-state index in [1.165, 1.54) is 0 Å². The monoisotopic (exact) mass is 318 g/mol. The molecule has 0 aromatic heterocycles. The van der Waals surface area contributed by atoms with Crippen LogP contribution in [-0.2, 0) is 0 Å². The van der Waals surface area contributed by atoms with Crippen LogP contribution >= 0.6 is 27.5 Å². The Kier molecular flexibility index (Phi) is 6.55. The lowest BCUT2D eigenvalue weighted by molar-refractivity contribution is 0.0953. The second-order valence-corrected chi connectivity index (χ2v) is 4.85. The predicted molar refractivity (Wildman–Crippen MR) is 74.6 cm³/mol. The lowest BCUT2D eigenvalue weighted by Crippen LogP contribution is -2.27. The van der Waals surface area contributed by atoms with Crippen molar-refractivity contribution in [3.63, 3.8) is 0 Å². The summed E-state index contributed by atoms with van der Waals surface area (Å²) in [6.07, 6.45) is 0.920. The second-order valence-electron chi connectivity index (χ2n) is 3.59. The molecule has 0 saturated heterocycles. The van der Waals surface area contributed by atoms with E-state index >= 15 is 0 Å². The van der Waals surface area contributed by atoms with Gasteiger partial charge < -0.3 is 10.6 Å². The molecule has 1 aromatic carbocycles. The standard InChI is InChI=1S/C12H16BrClN2O/c1-2-15-6-3-7-16-12(17)9-4-5-10(13)11(14)8-9/h4-5,8,15H,2-3,6-7H2,1H3,(H,16,17). The van der Waals surface area contributed by atoms with Crippen molar-refractivity contribution in [2.75, 3.05) is 19.6 Å². The summed E-state index contributed by atoms with van der Waals surface area (Å²) in [6.45, 7) is 4.59. The van der Waals surface area contributed by atoms with E-state index in [-0.39, 0.29) is 5.91 Å². The summed E-state index contributed by atoms with van der Waals surface area (Å²) in [7, 11) is 0. The maximum atomic E-state index is 11.7. The molecule has 94 valence electrons. The van der Waals surface area contributed by atoms with Crippen LogP contribution in [0.3, 0.4) is 0 Å². The third-order valence-corrected chi connectivity index (χ3v) is 3.48. The maximum Gasteiger partial charge on any atom is 0.251 e. The van der Waals surface area contributed by atoms with Crippen LogP contribution in [0.1, 0.15) is 23.7 Å². The van der Waals surface area contributed by atoms with Crippen LogP contribution in [0.15, 0.2) is 22.7 Å². The fourth-order valence-corrected chi connectivity index (χ4v) is 1.76. The topological polar surface area (TPSA) is 41.1 Å². The summed E-state index contributed by atoms with van der Waals surface area (Å²) in [4.78, 5) is 11.7. The number of benzene rings is 1. The molecule has 0 fully saturated rings. The van der Waals surface area contributed by atoms with Crippen LogP contribution in [0.25, 0.3) is 0 Å². The Labute approximate surface area is 115 Å². The molecule has 0 aliphatic carbocycles. The van der Waals surface area contributed by atoms with Gasteiger partial charge in [0.25, 0.3) is 5.91 Å². The van der Waals surface area contributed by atoms with Gasteiger partial charge in [-0.2, -0.15) is 0 Å². The van der Waals surface area contributed by atoms with E-state index in [4.69, 9.17) is 11.6 Å². The van der Waals surface area contributed by atoms with Crippen molar-refractivity contribution < 1.29 is 4.79 Å². The van der Waals surface area contributed by atoms with E-state index in [0.717, 1.165) is 24.0 Å². The number of rotatable bonds is 6. The Hall–Kier alpha value is -0.580. The lowest BCUT2D eigenvalue weighted by Gasteiger charge is -2.06. The zero-order valence-corrected chi connectivity index (χ0v) is 12.1. The molecule has 0 spiro atoms. The molecule has 0 aliphatic rings. The summed E-state index contributed by atoms with van der Waals surface area (Å²) in [5.74, 6) is -0.0871. The highest BCUT2D eigenvalue weighted by atomic mass is 79.9. The van der Waals surface area contributed by atoms with E-state index in [0.29, 0.717) is 17.1 Å². The van der Waals surface area contributed by atoms with Gasteiger partial charge in [0.2, 0.25) is 0 Å². The van der Waals surface area contributed by atoms with E-state index in [9.17, 15) is 4.79 Å². The molecule has 17 heavy (non-hydrogen) atoms. The molecular weight excluding hydrogens is 304 g/mol. The Morgan fingerprint density at radius 1 is 1.41 bits per heavy atom.